The van der Waals surface area contributed by atoms with Crippen molar-refractivity contribution >= 4 is 40.9 Å². The molecular formula is C18H24Cl2N2OS. The van der Waals surface area contributed by atoms with Gasteiger partial charge in [-0.05, 0) is 74.4 Å². The minimum Gasteiger partial charge on any atom is -0.352 e. The van der Waals surface area contributed by atoms with Crippen molar-refractivity contribution in [3.05, 3.63) is 33.8 Å². The molecule has 0 aromatic heterocycles. The highest BCUT2D eigenvalue weighted by Gasteiger charge is 2.26. The van der Waals surface area contributed by atoms with Crippen LogP contribution in [-0.2, 0) is 0 Å². The highest BCUT2D eigenvalue weighted by Crippen LogP contribution is 2.26. The molecule has 0 atom stereocenters. The van der Waals surface area contributed by atoms with Crippen LogP contribution in [0.3, 0.4) is 0 Å². The summed E-state index contributed by atoms with van der Waals surface area (Å²) in [6, 6.07) is 5.77. The van der Waals surface area contributed by atoms with Crippen molar-refractivity contribution in [2.24, 2.45) is 5.92 Å². The Balaban J connectivity index is 1.44. The predicted octanol–water partition coefficient (Wildman–Crippen LogP) is 4.33. The van der Waals surface area contributed by atoms with Gasteiger partial charge in [0, 0.05) is 17.6 Å². The van der Waals surface area contributed by atoms with E-state index in [4.69, 9.17) is 23.2 Å². The molecule has 0 aliphatic carbocycles. The van der Waals surface area contributed by atoms with Crippen LogP contribution in [0.5, 0.6) is 0 Å². The third kappa shape index (κ3) is 4.81. The second kappa shape index (κ2) is 8.79. The number of rotatable bonds is 4. The molecule has 1 aromatic carbocycles. The summed E-state index contributed by atoms with van der Waals surface area (Å²) in [6.45, 7) is 3.04. The molecule has 6 heteroatoms. The summed E-state index contributed by atoms with van der Waals surface area (Å²) in [5.74, 6) is 3.04. The van der Waals surface area contributed by atoms with Gasteiger partial charge in [-0.3, -0.25) is 4.79 Å². The summed E-state index contributed by atoms with van der Waals surface area (Å²) in [5, 5.41) is 4.00. The van der Waals surface area contributed by atoms with Gasteiger partial charge in [0.05, 0.1) is 10.6 Å². The lowest BCUT2D eigenvalue weighted by molar-refractivity contribution is 0.0920. The van der Waals surface area contributed by atoms with Crippen molar-refractivity contribution in [2.45, 2.75) is 31.7 Å². The first kappa shape index (κ1) is 18.4. The SMILES string of the molecule is O=C(NCC1CCN(C2CCSCC2)CC1)c1cc(Cl)ccc1Cl. The molecular weight excluding hydrogens is 363 g/mol. The van der Waals surface area contributed by atoms with Gasteiger partial charge in [0.1, 0.15) is 0 Å². The Morgan fingerprint density at radius 2 is 1.88 bits per heavy atom. The number of nitrogens with zero attached hydrogens (tertiary/aromatic N) is 1. The largest absolute Gasteiger partial charge is 0.352 e. The van der Waals surface area contributed by atoms with Crippen molar-refractivity contribution in [3.8, 4) is 0 Å². The maximum absolute atomic E-state index is 12.3. The molecule has 0 unspecified atom stereocenters. The lowest BCUT2D eigenvalue weighted by atomic mass is 9.94. The standard InChI is InChI=1S/C18H24Cl2N2OS/c19-14-1-2-17(20)16(11-14)18(23)21-12-13-3-7-22(8-4-13)15-5-9-24-10-6-15/h1-2,11,13,15H,3-10,12H2,(H,21,23). The number of hydrogen-bond donors (Lipinski definition) is 1. The molecule has 1 aromatic rings. The van der Waals surface area contributed by atoms with Crippen molar-refractivity contribution < 1.29 is 4.79 Å². The van der Waals surface area contributed by atoms with E-state index < -0.39 is 0 Å². The lowest BCUT2D eigenvalue weighted by Crippen LogP contribution is -2.45. The van der Waals surface area contributed by atoms with E-state index in [2.05, 4.69) is 22.0 Å². The minimum absolute atomic E-state index is 0.130. The number of halogens is 2. The zero-order valence-electron chi connectivity index (χ0n) is 13.8. The van der Waals surface area contributed by atoms with Crippen molar-refractivity contribution in [1.29, 1.82) is 0 Å². The Morgan fingerprint density at radius 3 is 2.58 bits per heavy atom. The van der Waals surface area contributed by atoms with E-state index >= 15 is 0 Å². The number of hydrogen-bond acceptors (Lipinski definition) is 3. The van der Waals surface area contributed by atoms with Gasteiger partial charge < -0.3 is 10.2 Å². The molecule has 2 saturated heterocycles. The minimum atomic E-state index is -0.130. The summed E-state index contributed by atoms with van der Waals surface area (Å²) < 4.78 is 0. The number of thioether (sulfide) groups is 1. The first-order valence-electron chi connectivity index (χ1n) is 8.68. The fourth-order valence-electron chi connectivity index (χ4n) is 3.58. The van der Waals surface area contributed by atoms with Crippen LogP contribution in [0.2, 0.25) is 10.0 Å². The molecule has 0 bridgehead atoms. The predicted molar refractivity (Wildman–Crippen MR) is 103 cm³/mol. The van der Waals surface area contributed by atoms with E-state index in [0.29, 0.717) is 21.5 Å². The number of nitrogens with one attached hydrogen (secondary N) is 1. The summed E-state index contributed by atoms with van der Waals surface area (Å²) in [7, 11) is 0. The van der Waals surface area contributed by atoms with Crippen LogP contribution in [0.1, 0.15) is 36.0 Å². The highest BCUT2D eigenvalue weighted by atomic mass is 35.5. The monoisotopic (exact) mass is 386 g/mol. The van der Waals surface area contributed by atoms with Crippen molar-refractivity contribution in [2.75, 3.05) is 31.1 Å². The molecule has 2 aliphatic heterocycles. The fourth-order valence-corrected chi connectivity index (χ4v) is 5.03. The molecule has 3 nitrogen and oxygen atoms in total. The molecule has 1 N–H and O–H groups in total. The zero-order chi connectivity index (χ0) is 16.9. The molecule has 1 amide bonds. The number of carbonyl (C=O) groups excluding carboxylic acids is 1. The molecule has 3 rings (SSSR count). The Labute approximate surface area is 158 Å². The number of benzene rings is 1. The van der Waals surface area contributed by atoms with Crippen molar-refractivity contribution in [3.63, 3.8) is 0 Å². The van der Waals surface area contributed by atoms with Crippen LogP contribution in [-0.4, -0.2) is 48.0 Å². The number of amides is 1. The van der Waals surface area contributed by atoms with Crippen LogP contribution >= 0.6 is 35.0 Å². The van der Waals surface area contributed by atoms with Gasteiger partial charge in [0.2, 0.25) is 0 Å². The van der Waals surface area contributed by atoms with E-state index in [1.54, 1.807) is 18.2 Å². The Hall–Kier alpha value is -0.420. The van der Waals surface area contributed by atoms with E-state index in [-0.39, 0.29) is 5.91 Å². The smallest absolute Gasteiger partial charge is 0.252 e. The molecule has 24 heavy (non-hydrogen) atoms. The van der Waals surface area contributed by atoms with Crippen LogP contribution in [0, 0.1) is 5.92 Å². The topological polar surface area (TPSA) is 32.3 Å². The second-order valence-electron chi connectivity index (χ2n) is 6.66. The summed E-state index contributed by atoms with van der Waals surface area (Å²) in [5.41, 5.74) is 0.460. The average molecular weight is 387 g/mol. The Bertz CT molecular complexity index is 570. The molecule has 0 saturated carbocycles. The lowest BCUT2D eigenvalue weighted by Gasteiger charge is -2.39. The normalized spacial score (nSPS) is 20.9. The van der Waals surface area contributed by atoms with E-state index in [9.17, 15) is 4.79 Å². The molecule has 0 radical (unpaired) electrons. The summed E-state index contributed by atoms with van der Waals surface area (Å²) >= 11 is 14.1. The van der Waals surface area contributed by atoms with Gasteiger partial charge in [-0.2, -0.15) is 11.8 Å². The summed E-state index contributed by atoms with van der Waals surface area (Å²) in [6.07, 6.45) is 4.99. The number of piperidine rings is 1. The molecule has 2 heterocycles. The first-order valence-corrected chi connectivity index (χ1v) is 10.6. The van der Waals surface area contributed by atoms with E-state index in [1.807, 2.05) is 0 Å². The van der Waals surface area contributed by atoms with Gasteiger partial charge in [0.25, 0.3) is 5.91 Å². The average Bonchev–Trinajstić information content (AvgIpc) is 2.63. The van der Waals surface area contributed by atoms with Gasteiger partial charge >= 0.3 is 0 Å². The van der Waals surface area contributed by atoms with Crippen molar-refractivity contribution in [1.82, 2.24) is 10.2 Å². The molecule has 2 fully saturated rings. The third-order valence-electron chi connectivity index (χ3n) is 5.08. The van der Waals surface area contributed by atoms with Crippen LogP contribution in [0.25, 0.3) is 0 Å². The second-order valence-corrected chi connectivity index (χ2v) is 8.73. The highest BCUT2D eigenvalue weighted by molar-refractivity contribution is 7.99. The molecule has 2 aliphatic rings. The first-order chi connectivity index (χ1) is 11.6. The van der Waals surface area contributed by atoms with Crippen LogP contribution < -0.4 is 5.32 Å². The van der Waals surface area contributed by atoms with Gasteiger partial charge in [0.15, 0.2) is 0 Å². The molecule has 0 spiro atoms. The van der Waals surface area contributed by atoms with Crippen LogP contribution in [0.4, 0.5) is 0 Å². The summed E-state index contributed by atoms with van der Waals surface area (Å²) in [4.78, 5) is 15.0. The Morgan fingerprint density at radius 1 is 1.17 bits per heavy atom. The third-order valence-corrected chi connectivity index (χ3v) is 6.69. The number of carbonyl (C=O) groups is 1. The van der Waals surface area contributed by atoms with Gasteiger partial charge in [-0.1, -0.05) is 23.2 Å². The maximum Gasteiger partial charge on any atom is 0.252 e. The van der Waals surface area contributed by atoms with E-state index in [0.717, 1.165) is 38.5 Å². The van der Waals surface area contributed by atoms with Gasteiger partial charge in [-0.25, -0.2) is 0 Å². The fraction of sp³-hybridized carbons (Fsp3) is 0.611. The number of likely N-dealkylation sites (tertiary alicyclic amines) is 1. The van der Waals surface area contributed by atoms with E-state index in [1.165, 1.54) is 24.3 Å². The zero-order valence-corrected chi connectivity index (χ0v) is 16.1. The van der Waals surface area contributed by atoms with Gasteiger partial charge in [-0.15, -0.1) is 0 Å². The maximum atomic E-state index is 12.3. The molecule has 132 valence electrons. The Kier molecular flexibility index (Phi) is 6.73. The van der Waals surface area contributed by atoms with Crippen LogP contribution in [0.15, 0.2) is 18.2 Å². The quantitative estimate of drug-likeness (QED) is 0.835.